The van der Waals surface area contributed by atoms with E-state index in [1.807, 2.05) is 0 Å². The molecule has 1 aromatic carbocycles. The fraction of sp³-hybridized carbons (Fsp3) is 0.167. The second-order valence-corrected chi connectivity index (χ2v) is 3.47. The number of carbonyl (C=O) groups excluding carboxylic acids is 1. The Bertz CT molecular complexity index is 512. The molecule has 0 bridgehead atoms. The lowest BCUT2D eigenvalue weighted by atomic mass is 10.1. The number of benzene rings is 1. The van der Waals surface area contributed by atoms with Crippen LogP contribution >= 0.6 is 0 Å². The number of hydrogen-bond donors (Lipinski definition) is 2. The predicted octanol–water partition coefficient (Wildman–Crippen LogP) is 1.81. The molecule has 1 amide bonds. The minimum absolute atomic E-state index is 0.0563. The van der Waals surface area contributed by atoms with Gasteiger partial charge in [-0.2, -0.15) is 0 Å². The summed E-state index contributed by atoms with van der Waals surface area (Å²) in [5, 5.41) is 11.1. The Morgan fingerprint density at radius 2 is 2.06 bits per heavy atom. The summed E-state index contributed by atoms with van der Waals surface area (Å²) >= 11 is 0. The van der Waals surface area contributed by atoms with Crippen molar-refractivity contribution in [2.75, 3.05) is 6.54 Å². The van der Waals surface area contributed by atoms with E-state index >= 15 is 0 Å². The molecule has 1 aromatic rings. The Labute approximate surface area is 102 Å². The molecule has 0 radical (unpaired) electrons. The van der Waals surface area contributed by atoms with Crippen LogP contribution in [-0.4, -0.2) is 23.5 Å². The summed E-state index contributed by atoms with van der Waals surface area (Å²) in [5.74, 6) is -4.17. The van der Waals surface area contributed by atoms with E-state index < -0.39 is 23.2 Å². The first-order valence-electron chi connectivity index (χ1n) is 5.05. The van der Waals surface area contributed by atoms with Gasteiger partial charge in [0.1, 0.15) is 17.2 Å². The number of aromatic carboxylic acids is 1. The van der Waals surface area contributed by atoms with Gasteiger partial charge in [0.05, 0.1) is 0 Å². The van der Waals surface area contributed by atoms with Crippen molar-refractivity contribution >= 4 is 18.0 Å². The first-order valence-corrected chi connectivity index (χ1v) is 5.05. The average Bonchev–Trinajstić information content (AvgIpc) is 2.26. The number of carboxylic acid groups (broad SMARTS) is 1. The van der Waals surface area contributed by atoms with Gasteiger partial charge in [-0.15, -0.1) is 0 Å². The van der Waals surface area contributed by atoms with Gasteiger partial charge < -0.3 is 10.4 Å². The van der Waals surface area contributed by atoms with Crippen LogP contribution in [0.1, 0.15) is 22.8 Å². The zero-order chi connectivity index (χ0) is 13.7. The number of rotatable bonds is 4. The predicted molar refractivity (Wildman–Crippen MR) is 61.0 cm³/mol. The minimum Gasteiger partial charge on any atom is -0.477 e. The molecule has 1 rings (SSSR count). The SMILES string of the molecule is CC(=O)NCC=Cc1ccc(F)c(C(=O)O)c1F. The van der Waals surface area contributed by atoms with Crippen LogP contribution in [0.25, 0.3) is 6.08 Å². The van der Waals surface area contributed by atoms with Gasteiger partial charge in [-0.05, 0) is 12.1 Å². The largest absolute Gasteiger partial charge is 0.477 e. The van der Waals surface area contributed by atoms with Gasteiger partial charge in [-0.3, -0.25) is 4.79 Å². The zero-order valence-electron chi connectivity index (χ0n) is 9.54. The number of carboxylic acids is 1. The maximum Gasteiger partial charge on any atom is 0.341 e. The molecule has 18 heavy (non-hydrogen) atoms. The van der Waals surface area contributed by atoms with Crippen molar-refractivity contribution in [3.05, 3.63) is 41.0 Å². The van der Waals surface area contributed by atoms with Gasteiger partial charge in [0.2, 0.25) is 5.91 Å². The van der Waals surface area contributed by atoms with E-state index in [1.165, 1.54) is 19.1 Å². The Kier molecular flexibility index (Phi) is 4.53. The van der Waals surface area contributed by atoms with Crippen LogP contribution in [0.4, 0.5) is 8.78 Å². The first kappa shape index (κ1) is 13.8. The van der Waals surface area contributed by atoms with E-state index in [9.17, 15) is 18.4 Å². The normalized spacial score (nSPS) is 10.6. The van der Waals surface area contributed by atoms with Crippen LogP contribution in [0, 0.1) is 11.6 Å². The third kappa shape index (κ3) is 3.38. The second kappa shape index (κ2) is 5.90. The molecular formula is C12H11F2NO3. The van der Waals surface area contributed by atoms with E-state index in [-0.39, 0.29) is 18.0 Å². The fourth-order valence-electron chi connectivity index (χ4n) is 1.28. The number of halogens is 2. The van der Waals surface area contributed by atoms with Crippen LogP contribution < -0.4 is 5.32 Å². The van der Waals surface area contributed by atoms with Crippen molar-refractivity contribution in [1.82, 2.24) is 5.32 Å². The monoisotopic (exact) mass is 255 g/mol. The van der Waals surface area contributed by atoms with Crippen molar-refractivity contribution in [2.45, 2.75) is 6.92 Å². The number of carbonyl (C=O) groups is 2. The summed E-state index contributed by atoms with van der Waals surface area (Å²) in [6.07, 6.45) is 2.71. The molecule has 0 aromatic heterocycles. The Hall–Kier alpha value is -2.24. The summed E-state index contributed by atoms with van der Waals surface area (Å²) in [6.45, 7) is 1.50. The van der Waals surface area contributed by atoms with Gasteiger partial charge in [0.25, 0.3) is 0 Å². The highest BCUT2D eigenvalue weighted by Gasteiger charge is 2.18. The second-order valence-electron chi connectivity index (χ2n) is 3.47. The van der Waals surface area contributed by atoms with Gasteiger partial charge >= 0.3 is 5.97 Å². The zero-order valence-corrected chi connectivity index (χ0v) is 9.54. The topological polar surface area (TPSA) is 66.4 Å². The maximum atomic E-state index is 13.6. The smallest absolute Gasteiger partial charge is 0.341 e. The van der Waals surface area contributed by atoms with Gasteiger partial charge in [0, 0.05) is 19.0 Å². The molecule has 0 aliphatic rings. The van der Waals surface area contributed by atoms with Crippen molar-refractivity contribution in [3.8, 4) is 0 Å². The molecule has 0 aliphatic heterocycles. The quantitative estimate of drug-likeness (QED) is 0.862. The molecule has 0 atom stereocenters. The van der Waals surface area contributed by atoms with E-state index in [0.29, 0.717) is 0 Å². The fourth-order valence-corrected chi connectivity index (χ4v) is 1.28. The molecule has 0 saturated carbocycles. The molecule has 0 saturated heterocycles. The van der Waals surface area contributed by atoms with Gasteiger partial charge in [-0.1, -0.05) is 12.2 Å². The molecule has 2 N–H and O–H groups in total. The molecule has 0 heterocycles. The molecule has 0 aliphatic carbocycles. The molecule has 0 unspecified atom stereocenters. The number of nitrogens with one attached hydrogen (secondary N) is 1. The Balaban J connectivity index is 2.94. The van der Waals surface area contributed by atoms with Gasteiger partial charge in [-0.25, -0.2) is 13.6 Å². The molecule has 0 fully saturated rings. The maximum absolute atomic E-state index is 13.6. The Morgan fingerprint density at radius 1 is 1.39 bits per heavy atom. The third-order valence-corrected chi connectivity index (χ3v) is 2.10. The van der Waals surface area contributed by atoms with Crippen LogP contribution in [0.15, 0.2) is 18.2 Å². The molecule has 96 valence electrons. The molecular weight excluding hydrogens is 244 g/mol. The van der Waals surface area contributed by atoms with Crippen LogP contribution in [0.2, 0.25) is 0 Å². The van der Waals surface area contributed by atoms with Crippen molar-refractivity contribution in [1.29, 1.82) is 0 Å². The molecule has 0 spiro atoms. The highest BCUT2D eigenvalue weighted by Crippen LogP contribution is 2.18. The van der Waals surface area contributed by atoms with Crippen LogP contribution in [0.5, 0.6) is 0 Å². The summed E-state index contributed by atoms with van der Waals surface area (Å²) in [4.78, 5) is 21.2. The van der Waals surface area contributed by atoms with Crippen LogP contribution in [0.3, 0.4) is 0 Å². The highest BCUT2D eigenvalue weighted by atomic mass is 19.1. The van der Waals surface area contributed by atoms with E-state index in [1.54, 1.807) is 0 Å². The summed E-state index contributed by atoms with van der Waals surface area (Å²) < 4.78 is 26.7. The van der Waals surface area contributed by atoms with Crippen LogP contribution in [-0.2, 0) is 4.79 Å². The molecule has 6 heteroatoms. The number of amides is 1. The minimum atomic E-state index is -1.66. The summed E-state index contributed by atoms with van der Waals surface area (Å²) in [5.41, 5.74) is -1.05. The van der Waals surface area contributed by atoms with Crippen molar-refractivity contribution in [3.63, 3.8) is 0 Å². The van der Waals surface area contributed by atoms with E-state index in [2.05, 4.69) is 5.32 Å². The summed E-state index contributed by atoms with van der Waals surface area (Å²) in [7, 11) is 0. The Morgan fingerprint density at radius 3 is 2.61 bits per heavy atom. The molecule has 4 nitrogen and oxygen atoms in total. The lowest BCUT2D eigenvalue weighted by Crippen LogP contribution is -2.19. The third-order valence-electron chi connectivity index (χ3n) is 2.10. The highest BCUT2D eigenvalue weighted by molar-refractivity contribution is 5.89. The van der Waals surface area contributed by atoms with Crippen molar-refractivity contribution < 1.29 is 23.5 Å². The first-order chi connectivity index (χ1) is 8.43. The van der Waals surface area contributed by atoms with E-state index in [4.69, 9.17) is 5.11 Å². The van der Waals surface area contributed by atoms with Crippen molar-refractivity contribution in [2.24, 2.45) is 0 Å². The van der Waals surface area contributed by atoms with Gasteiger partial charge in [0.15, 0.2) is 0 Å². The van der Waals surface area contributed by atoms with E-state index in [0.717, 1.165) is 12.1 Å². The lowest BCUT2D eigenvalue weighted by molar-refractivity contribution is -0.118. The average molecular weight is 255 g/mol. The standard InChI is InChI=1S/C12H11F2NO3/c1-7(16)15-6-2-3-8-4-5-9(13)10(11(8)14)12(17)18/h2-5H,6H2,1H3,(H,15,16)(H,17,18). The lowest BCUT2D eigenvalue weighted by Gasteiger charge is -2.03. The summed E-state index contributed by atoms with van der Waals surface area (Å²) in [6, 6.07) is 2.01. The number of hydrogen-bond acceptors (Lipinski definition) is 2.